The zero-order chi connectivity index (χ0) is 30.1. The molecule has 5 aromatic heterocycles. The van der Waals surface area contributed by atoms with Gasteiger partial charge in [0, 0.05) is 52.4 Å². The van der Waals surface area contributed by atoms with Gasteiger partial charge in [-0.3, -0.25) is 15.0 Å². The summed E-state index contributed by atoms with van der Waals surface area (Å²) in [5.74, 6) is 0.455. The van der Waals surface area contributed by atoms with Crippen molar-refractivity contribution in [2.24, 2.45) is 5.41 Å². The number of aromatic nitrogens is 7. The number of pyridine rings is 3. The zero-order valence-corrected chi connectivity index (χ0v) is 28.9. The normalized spacial score (nSPS) is 20.3. The first-order chi connectivity index (χ1) is 19.7. The summed E-state index contributed by atoms with van der Waals surface area (Å²) >= 11 is 0. The van der Waals surface area contributed by atoms with E-state index < -0.39 is 0 Å². The second-order valence-electron chi connectivity index (χ2n) is 14.8. The molecular formula is C35H41N7Pt. The first kappa shape index (κ1) is 31.2. The molecular weight excluding hydrogens is 714 g/mol. The van der Waals surface area contributed by atoms with Gasteiger partial charge in [0.05, 0.1) is 11.4 Å². The van der Waals surface area contributed by atoms with E-state index in [9.17, 15) is 0 Å². The van der Waals surface area contributed by atoms with E-state index in [2.05, 4.69) is 101 Å². The molecule has 2 unspecified atom stereocenters. The fraction of sp³-hybridized carbons (Fsp3) is 0.457. The van der Waals surface area contributed by atoms with Gasteiger partial charge in [-0.05, 0) is 70.4 Å². The summed E-state index contributed by atoms with van der Waals surface area (Å²) in [6.07, 6.45) is 9.72. The van der Waals surface area contributed by atoms with Crippen LogP contribution in [0.5, 0.6) is 0 Å². The fourth-order valence-corrected chi connectivity index (χ4v) is 6.70. The predicted octanol–water partition coefficient (Wildman–Crippen LogP) is 7.52. The van der Waals surface area contributed by atoms with Crippen LogP contribution in [-0.4, -0.2) is 25.1 Å². The topological polar surface area (TPSA) is 92.7 Å². The number of hydrogen-bond acceptors (Lipinski definition) is 5. The Morgan fingerprint density at radius 1 is 0.837 bits per heavy atom. The quantitative estimate of drug-likeness (QED) is 0.184. The third kappa shape index (κ3) is 5.18. The molecule has 0 saturated heterocycles. The summed E-state index contributed by atoms with van der Waals surface area (Å²) in [5.41, 5.74) is 8.57. The molecule has 43 heavy (non-hydrogen) atoms. The van der Waals surface area contributed by atoms with Crippen LogP contribution < -0.4 is 10.2 Å². The monoisotopic (exact) mass is 754 g/mol. The van der Waals surface area contributed by atoms with Crippen molar-refractivity contribution in [2.45, 2.75) is 97.3 Å². The van der Waals surface area contributed by atoms with Crippen molar-refractivity contribution < 1.29 is 21.1 Å². The molecule has 1 saturated carbocycles. The van der Waals surface area contributed by atoms with Crippen LogP contribution in [0.2, 0.25) is 0 Å². The maximum absolute atomic E-state index is 5.10. The second-order valence-corrected chi connectivity index (χ2v) is 14.8. The average molecular weight is 755 g/mol. The van der Waals surface area contributed by atoms with E-state index >= 15 is 0 Å². The van der Waals surface area contributed by atoms with E-state index in [4.69, 9.17) is 15.2 Å². The van der Waals surface area contributed by atoms with Gasteiger partial charge in [0.2, 0.25) is 0 Å². The smallest absolute Gasteiger partial charge is 0.573 e. The molecule has 2 bridgehead atoms. The summed E-state index contributed by atoms with van der Waals surface area (Å²) < 4.78 is 0. The van der Waals surface area contributed by atoms with Gasteiger partial charge in [-0.2, -0.15) is 0 Å². The van der Waals surface area contributed by atoms with Crippen molar-refractivity contribution in [1.29, 1.82) is 0 Å². The molecule has 0 spiro atoms. The van der Waals surface area contributed by atoms with Crippen molar-refractivity contribution in [3.05, 3.63) is 77.6 Å². The van der Waals surface area contributed by atoms with Gasteiger partial charge in [0.25, 0.3) is 0 Å². The van der Waals surface area contributed by atoms with E-state index in [1.165, 1.54) is 29.7 Å². The largest absolute Gasteiger partial charge is 2.00 e. The molecule has 8 heteroatoms. The minimum Gasteiger partial charge on any atom is -0.573 e. The standard InChI is InChI=1S/C26H28N6.C9H13N.Pt/c1-24(2,3)19-12-18(29-30-19)17-11-14-8-10-27-13-15(14)21(28-17)22-20-16-7-9-26(6,25(16,4)5)23(20)32-31-22;1-9(2,3)8-4-6-10-7-5-8;/h8,10-13,16H,7,9H2,1-6H3;4-7H,1-3H3;/q-2;;+2. The van der Waals surface area contributed by atoms with Crippen molar-refractivity contribution >= 4 is 10.8 Å². The Labute approximate surface area is 269 Å². The van der Waals surface area contributed by atoms with Crippen molar-refractivity contribution in [1.82, 2.24) is 35.3 Å². The molecule has 226 valence electrons. The average Bonchev–Trinajstić information content (AvgIpc) is 3.69. The van der Waals surface area contributed by atoms with Crippen LogP contribution in [0, 0.1) is 5.41 Å². The van der Waals surface area contributed by atoms with Crippen LogP contribution in [0.4, 0.5) is 0 Å². The van der Waals surface area contributed by atoms with E-state index in [-0.39, 0.29) is 42.7 Å². The molecule has 2 aliphatic rings. The molecule has 0 amide bonds. The molecule has 5 aromatic rings. The van der Waals surface area contributed by atoms with Crippen LogP contribution >= 0.6 is 0 Å². The second kappa shape index (κ2) is 10.8. The molecule has 2 atom stereocenters. The van der Waals surface area contributed by atoms with E-state index in [0.29, 0.717) is 5.92 Å². The summed E-state index contributed by atoms with van der Waals surface area (Å²) in [5, 5.41) is 20.4. The maximum atomic E-state index is 5.10. The van der Waals surface area contributed by atoms with Crippen molar-refractivity contribution in [3.8, 4) is 22.8 Å². The van der Waals surface area contributed by atoms with Crippen molar-refractivity contribution in [3.63, 3.8) is 0 Å². The third-order valence-corrected chi connectivity index (χ3v) is 9.83. The van der Waals surface area contributed by atoms with Gasteiger partial charge < -0.3 is 20.4 Å². The molecule has 0 aromatic carbocycles. The first-order valence-corrected chi connectivity index (χ1v) is 14.9. The SMILES string of the molecule is CC(C)(C)c1cc(-c2cc3ccncc3c(-c3[n-]nc4c3C3CCC4(C)C3(C)C)n2)[n-]n1.CC(C)(C)c1ccncc1.[Pt+2]. The van der Waals surface area contributed by atoms with Gasteiger partial charge in [-0.15, -0.1) is 0 Å². The minimum atomic E-state index is -0.0624. The Kier molecular flexibility index (Phi) is 7.82. The van der Waals surface area contributed by atoms with Crippen LogP contribution in [-0.2, 0) is 37.3 Å². The van der Waals surface area contributed by atoms with Gasteiger partial charge in [-0.25, -0.2) is 0 Å². The van der Waals surface area contributed by atoms with E-state index in [0.717, 1.165) is 39.2 Å². The summed E-state index contributed by atoms with van der Waals surface area (Å²) in [6.45, 7) is 20.1. The van der Waals surface area contributed by atoms with Crippen LogP contribution in [0.3, 0.4) is 0 Å². The number of nitrogens with zero attached hydrogens (tertiary/aromatic N) is 7. The molecule has 0 radical (unpaired) electrons. The minimum absolute atomic E-state index is 0. The molecule has 7 rings (SSSR count). The van der Waals surface area contributed by atoms with Gasteiger partial charge in [0.15, 0.2) is 0 Å². The predicted molar refractivity (Wildman–Crippen MR) is 167 cm³/mol. The summed E-state index contributed by atoms with van der Waals surface area (Å²) in [4.78, 5) is 13.4. The van der Waals surface area contributed by atoms with Gasteiger partial charge in [0.1, 0.15) is 0 Å². The van der Waals surface area contributed by atoms with Crippen LogP contribution in [0.25, 0.3) is 33.5 Å². The third-order valence-electron chi connectivity index (χ3n) is 9.83. The molecule has 7 nitrogen and oxygen atoms in total. The summed E-state index contributed by atoms with van der Waals surface area (Å²) in [7, 11) is 0. The Bertz CT molecular complexity index is 1750. The van der Waals surface area contributed by atoms with Crippen LogP contribution in [0.15, 0.2) is 55.1 Å². The number of rotatable bonds is 2. The Morgan fingerprint density at radius 3 is 2.16 bits per heavy atom. The zero-order valence-electron chi connectivity index (χ0n) is 26.6. The summed E-state index contributed by atoms with van der Waals surface area (Å²) in [6, 6.07) is 10.3. The Morgan fingerprint density at radius 2 is 1.53 bits per heavy atom. The van der Waals surface area contributed by atoms with Crippen molar-refractivity contribution in [2.75, 3.05) is 0 Å². The van der Waals surface area contributed by atoms with E-state index in [1.807, 2.05) is 36.9 Å². The van der Waals surface area contributed by atoms with Gasteiger partial charge in [-0.1, -0.05) is 79.8 Å². The maximum Gasteiger partial charge on any atom is 2.00 e. The molecule has 5 heterocycles. The molecule has 1 fully saturated rings. The molecule has 2 aliphatic carbocycles. The Balaban J connectivity index is 0.000000287. The van der Waals surface area contributed by atoms with Crippen LogP contribution in [0.1, 0.15) is 104 Å². The number of fused-ring (bicyclic) bond motifs is 6. The molecule has 0 aliphatic heterocycles. The number of hydrogen-bond donors (Lipinski definition) is 0. The molecule has 0 N–H and O–H groups in total. The first-order valence-electron chi connectivity index (χ1n) is 14.9. The fourth-order valence-electron chi connectivity index (χ4n) is 6.70. The van der Waals surface area contributed by atoms with Gasteiger partial charge >= 0.3 is 21.1 Å². The van der Waals surface area contributed by atoms with E-state index in [1.54, 1.807) is 0 Å². The Hall–Kier alpha value is -3.18.